The van der Waals surface area contributed by atoms with Crippen molar-refractivity contribution in [3.8, 4) is 0 Å². The third-order valence-electron chi connectivity index (χ3n) is 6.08. The topological polar surface area (TPSA) is 16.1 Å². The Morgan fingerprint density at radius 1 is 0.700 bits per heavy atom. The minimum atomic E-state index is -0.392. The van der Waals surface area contributed by atoms with Crippen LogP contribution in [0.3, 0.4) is 0 Å². The predicted octanol–water partition coefficient (Wildman–Crippen LogP) is 6.03. The van der Waals surface area contributed by atoms with E-state index < -0.39 is 5.54 Å². The molecule has 2 heteroatoms. The van der Waals surface area contributed by atoms with E-state index in [0.717, 1.165) is 18.8 Å². The van der Waals surface area contributed by atoms with E-state index in [1.54, 1.807) is 0 Å². The van der Waals surface area contributed by atoms with Gasteiger partial charge in [0.25, 0.3) is 0 Å². The summed E-state index contributed by atoms with van der Waals surface area (Å²) in [7, 11) is 0. The van der Waals surface area contributed by atoms with Crippen molar-refractivity contribution in [3.63, 3.8) is 0 Å². The molecule has 146 valence electrons. The molecule has 0 N–H and O–H groups in total. The minimum absolute atomic E-state index is 0.392. The Morgan fingerprint density at radius 3 is 1.63 bits per heavy atom. The summed E-state index contributed by atoms with van der Waals surface area (Å²) in [6.07, 6.45) is 3.83. The Kier molecular flexibility index (Phi) is 4.78. The molecule has 0 saturated heterocycles. The summed E-state index contributed by atoms with van der Waals surface area (Å²) in [6.45, 7) is 5.60. The molecule has 0 bridgehead atoms. The van der Waals surface area contributed by atoms with Gasteiger partial charge in [-0.3, -0.25) is 9.88 Å². The summed E-state index contributed by atoms with van der Waals surface area (Å²) < 4.78 is 0. The van der Waals surface area contributed by atoms with Gasteiger partial charge in [0.05, 0.1) is 11.2 Å². The summed E-state index contributed by atoms with van der Waals surface area (Å²) in [5, 5.41) is 0. The maximum atomic E-state index is 4.56. The van der Waals surface area contributed by atoms with Gasteiger partial charge in [-0.25, -0.2) is 0 Å². The third-order valence-corrected chi connectivity index (χ3v) is 6.08. The molecule has 0 aliphatic carbocycles. The van der Waals surface area contributed by atoms with E-state index in [1.807, 2.05) is 12.3 Å². The van der Waals surface area contributed by atoms with Gasteiger partial charge < -0.3 is 0 Å². The molecule has 1 aliphatic heterocycles. The van der Waals surface area contributed by atoms with E-state index in [0.29, 0.717) is 0 Å². The van der Waals surface area contributed by atoms with E-state index >= 15 is 0 Å². The molecule has 0 atom stereocenters. The molecule has 1 aromatic heterocycles. The van der Waals surface area contributed by atoms with Crippen LogP contribution >= 0.6 is 0 Å². The highest BCUT2D eigenvalue weighted by molar-refractivity contribution is 5.52. The summed E-state index contributed by atoms with van der Waals surface area (Å²) in [4.78, 5) is 7.13. The van der Waals surface area contributed by atoms with Crippen LogP contribution in [-0.4, -0.2) is 9.88 Å². The first-order chi connectivity index (χ1) is 14.8. The van der Waals surface area contributed by atoms with Gasteiger partial charge in [-0.05, 0) is 40.0 Å². The molecule has 0 spiro atoms. The molecule has 5 rings (SSSR count). The van der Waals surface area contributed by atoms with Crippen molar-refractivity contribution in [2.24, 2.45) is 0 Å². The van der Waals surface area contributed by atoms with Crippen LogP contribution in [0.25, 0.3) is 6.08 Å². The fraction of sp³-hybridized carbons (Fsp3) is 0.107. The Bertz CT molecular complexity index is 1050. The molecular formula is C28H24N2. The molecule has 2 heterocycles. The molecule has 0 saturated carbocycles. The Morgan fingerprint density at radius 2 is 1.17 bits per heavy atom. The summed E-state index contributed by atoms with van der Waals surface area (Å²) >= 11 is 0. The van der Waals surface area contributed by atoms with Crippen LogP contribution in [-0.2, 0) is 18.6 Å². The molecular weight excluding hydrogens is 364 g/mol. The molecule has 4 aromatic rings. The van der Waals surface area contributed by atoms with Crippen molar-refractivity contribution < 1.29 is 0 Å². The third kappa shape index (κ3) is 2.97. The smallest absolute Gasteiger partial charge is 0.0978 e. The lowest BCUT2D eigenvalue weighted by Gasteiger charge is -2.43. The second-order valence-corrected chi connectivity index (χ2v) is 7.75. The van der Waals surface area contributed by atoms with E-state index in [-0.39, 0.29) is 0 Å². The van der Waals surface area contributed by atoms with Crippen molar-refractivity contribution in [1.82, 2.24) is 9.88 Å². The van der Waals surface area contributed by atoms with Crippen LogP contribution in [0.4, 0.5) is 0 Å². The highest BCUT2D eigenvalue weighted by Gasteiger charge is 2.44. The lowest BCUT2D eigenvalue weighted by molar-refractivity contribution is 0.157. The number of fused-ring (bicyclic) bond motifs is 1. The van der Waals surface area contributed by atoms with Crippen LogP contribution in [0.5, 0.6) is 0 Å². The van der Waals surface area contributed by atoms with E-state index in [9.17, 15) is 0 Å². The number of aromatic nitrogens is 1. The number of pyridine rings is 1. The van der Waals surface area contributed by atoms with Gasteiger partial charge in [-0.1, -0.05) is 97.6 Å². The Hall–Kier alpha value is -3.49. The maximum Gasteiger partial charge on any atom is 0.0978 e. The second kappa shape index (κ2) is 7.74. The average Bonchev–Trinajstić information content (AvgIpc) is 3.25. The minimum Gasteiger partial charge on any atom is -0.277 e. The van der Waals surface area contributed by atoms with Crippen molar-refractivity contribution in [1.29, 1.82) is 0 Å². The van der Waals surface area contributed by atoms with Gasteiger partial charge in [0.1, 0.15) is 0 Å². The van der Waals surface area contributed by atoms with Gasteiger partial charge >= 0.3 is 0 Å². The predicted molar refractivity (Wildman–Crippen MR) is 123 cm³/mol. The second-order valence-electron chi connectivity index (χ2n) is 7.75. The summed E-state index contributed by atoms with van der Waals surface area (Å²) in [5.74, 6) is 0. The molecule has 3 aromatic carbocycles. The number of nitrogens with zero attached hydrogens (tertiary/aromatic N) is 2. The average molecular weight is 389 g/mol. The fourth-order valence-corrected chi connectivity index (χ4v) is 4.74. The van der Waals surface area contributed by atoms with Crippen molar-refractivity contribution >= 4 is 6.08 Å². The molecule has 0 radical (unpaired) electrons. The maximum absolute atomic E-state index is 4.56. The zero-order valence-electron chi connectivity index (χ0n) is 16.9. The SMILES string of the molecule is C=Cc1cc2c(cn1)CN(C(c1ccccc1)(c1ccccc1)c1ccccc1)C2. The zero-order valence-corrected chi connectivity index (χ0v) is 16.9. The number of hydrogen-bond donors (Lipinski definition) is 0. The van der Waals surface area contributed by atoms with Gasteiger partial charge in [-0.2, -0.15) is 0 Å². The van der Waals surface area contributed by atoms with Gasteiger partial charge in [-0.15, -0.1) is 0 Å². The van der Waals surface area contributed by atoms with E-state index in [1.165, 1.54) is 27.8 Å². The van der Waals surface area contributed by atoms with Crippen LogP contribution in [0, 0.1) is 0 Å². The normalized spacial score (nSPS) is 13.7. The number of rotatable bonds is 5. The quantitative estimate of drug-likeness (QED) is 0.388. The highest BCUT2D eigenvalue weighted by Crippen LogP contribution is 2.46. The largest absolute Gasteiger partial charge is 0.277 e. The summed E-state index contributed by atoms with van der Waals surface area (Å²) in [6, 6.07) is 34.7. The van der Waals surface area contributed by atoms with Crippen LogP contribution in [0.15, 0.2) is 110 Å². The monoisotopic (exact) mass is 388 g/mol. The van der Waals surface area contributed by atoms with Crippen LogP contribution in [0.2, 0.25) is 0 Å². The van der Waals surface area contributed by atoms with E-state index in [2.05, 4.69) is 114 Å². The summed E-state index contributed by atoms with van der Waals surface area (Å²) in [5.41, 5.74) is 6.96. The van der Waals surface area contributed by atoms with Crippen LogP contribution in [0.1, 0.15) is 33.5 Å². The number of benzene rings is 3. The zero-order chi connectivity index (χ0) is 20.4. The van der Waals surface area contributed by atoms with Gasteiger partial charge in [0, 0.05) is 19.3 Å². The van der Waals surface area contributed by atoms with Crippen molar-refractivity contribution in [2.45, 2.75) is 18.6 Å². The first-order valence-electron chi connectivity index (χ1n) is 10.3. The Balaban J connectivity index is 1.76. The van der Waals surface area contributed by atoms with Gasteiger partial charge in [0.15, 0.2) is 0 Å². The first-order valence-corrected chi connectivity index (χ1v) is 10.3. The fourth-order valence-electron chi connectivity index (χ4n) is 4.74. The van der Waals surface area contributed by atoms with Crippen molar-refractivity contribution in [2.75, 3.05) is 0 Å². The molecule has 1 aliphatic rings. The Labute approximate surface area is 178 Å². The molecule has 30 heavy (non-hydrogen) atoms. The van der Waals surface area contributed by atoms with Crippen molar-refractivity contribution in [3.05, 3.63) is 143 Å². The van der Waals surface area contributed by atoms with E-state index in [4.69, 9.17) is 0 Å². The molecule has 0 amide bonds. The lowest BCUT2D eigenvalue weighted by atomic mass is 9.75. The van der Waals surface area contributed by atoms with Gasteiger partial charge in [0.2, 0.25) is 0 Å². The standard InChI is InChI=1S/C28H24N2/c1-2-27-18-22-20-30(21-23(22)19-29-27)28(24-12-6-3-7-13-24,25-14-8-4-9-15-25)26-16-10-5-11-17-26/h2-19H,1,20-21H2. The highest BCUT2D eigenvalue weighted by atomic mass is 15.2. The first kappa shape index (κ1) is 18.5. The van der Waals surface area contributed by atoms with Crippen LogP contribution < -0.4 is 0 Å². The lowest BCUT2D eigenvalue weighted by Crippen LogP contribution is -2.45. The molecule has 0 fully saturated rings. The molecule has 2 nitrogen and oxygen atoms in total. The molecule has 0 unspecified atom stereocenters. The number of hydrogen-bond acceptors (Lipinski definition) is 2.